The summed E-state index contributed by atoms with van der Waals surface area (Å²) >= 11 is 3.68. The summed E-state index contributed by atoms with van der Waals surface area (Å²) in [5.74, 6) is 0.845. The van der Waals surface area contributed by atoms with Crippen molar-refractivity contribution in [2.75, 3.05) is 7.05 Å². The maximum atomic E-state index is 3.68. The van der Waals surface area contributed by atoms with Crippen molar-refractivity contribution in [1.82, 2.24) is 5.32 Å². The summed E-state index contributed by atoms with van der Waals surface area (Å²) in [7, 11) is 2.05. The summed E-state index contributed by atoms with van der Waals surface area (Å²) in [4.78, 5) is 0. The molecule has 1 N–H and O–H groups in total. The minimum absolute atomic E-state index is 0.532. The van der Waals surface area contributed by atoms with Crippen molar-refractivity contribution >= 4 is 15.9 Å². The van der Waals surface area contributed by atoms with Gasteiger partial charge in [-0.1, -0.05) is 34.1 Å². The summed E-state index contributed by atoms with van der Waals surface area (Å²) in [5, 5.41) is 3.42. The van der Waals surface area contributed by atoms with Gasteiger partial charge in [0, 0.05) is 10.5 Å². The van der Waals surface area contributed by atoms with Gasteiger partial charge in [0.1, 0.15) is 0 Å². The second-order valence-corrected chi connectivity index (χ2v) is 4.87. The fourth-order valence-corrected chi connectivity index (χ4v) is 2.50. The van der Waals surface area contributed by atoms with Crippen LogP contribution in [-0.2, 0) is 0 Å². The fourth-order valence-electron chi connectivity index (χ4n) is 1.99. The monoisotopic (exact) mass is 253 g/mol. The molecule has 0 radical (unpaired) electrons. The highest BCUT2D eigenvalue weighted by molar-refractivity contribution is 9.10. The van der Waals surface area contributed by atoms with Crippen molar-refractivity contribution < 1.29 is 0 Å². The molecule has 1 saturated carbocycles. The molecule has 0 heterocycles. The Hall–Kier alpha value is -0.340. The van der Waals surface area contributed by atoms with Gasteiger partial charge in [-0.2, -0.15) is 0 Å². The Balaban J connectivity index is 2.33. The Morgan fingerprint density at radius 3 is 2.71 bits per heavy atom. The van der Waals surface area contributed by atoms with Crippen LogP contribution in [0.3, 0.4) is 0 Å². The smallest absolute Gasteiger partial charge is 0.0357 e. The zero-order valence-corrected chi connectivity index (χ0v) is 10.3. The normalized spacial score (nSPS) is 18.2. The first-order valence-electron chi connectivity index (χ1n) is 5.16. The molecule has 1 aromatic rings. The highest BCUT2D eigenvalue weighted by Gasteiger charge is 2.32. The fraction of sp³-hybridized carbons (Fsp3) is 0.500. The van der Waals surface area contributed by atoms with E-state index in [0.717, 1.165) is 5.92 Å². The molecular weight excluding hydrogens is 238 g/mol. The topological polar surface area (TPSA) is 12.0 Å². The van der Waals surface area contributed by atoms with E-state index in [2.05, 4.69) is 53.4 Å². The number of nitrogens with one attached hydrogen (secondary N) is 1. The molecule has 0 aliphatic heterocycles. The van der Waals surface area contributed by atoms with Gasteiger partial charge in [0.25, 0.3) is 0 Å². The molecule has 0 spiro atoms. The minimum atomic E-state index is 0.532. The average molecular weight is 254 g/mol. The Morgan fingerprint density at radius 1 is 1.43 bits per heavy atom. The van der Waals surface area contributed by atoms with E-state index >= 15 is 0 Å². The van der Waals surface area contributed by atoms with Gasteiger partial charge in [-0.15, -0.1) is 0 Å². The standard InChI is InChI=1S/C12H16BrN/c1-8-4-3-5-10(11(8)13)12(14-2)9-6-7-9/h3-5,9,12,14H,6-7H2,1-2H3. The molecule has 2 rings (SSSR count). The zero-order valence-electron chi connectivity index (χ0n) is 8.68. The van der Waals surface area contributed by atoms with E-state index in [1.165, 1.54) is 28.4 Å². The van der Waals surface area contributed by atoms with Gasteiger partial charge in [0.05, 0.1) is 0 Å². The van der Waals surface area contributed by atoms with Crippen LogP contribution in [0.25, 0.3) is 0 Å². The highest BCUT2D eigenvalue weighted by Crippen LogP contribution is 2.43. The predicted octanol–water partition coefficient (Wildman–Crippen LogP) is 3.43. The molecule has 14 heavy (non-hydrogen) atoms. The summed E-state index contributed by atoms with van der Waals surface area (Å²) in [6.07, 6.45) is 2.73. The van der Waals surface area contributed by atoms with Gasteiger partial charge in [0.15, 0.2) is 0 Å². The van der Waals surface area contributed by atoms with Crippen molar-refractivity contribution in [1.29, 1.82) is 0 Å². The van der Waals surface area contributed by atoms with Crippen LogP contribution >= 0.6 is 15.9 Å². The summed E-state index contributed by atoms with van der Waals surface area (Å²) in [5.41, 5.74) is 2.73. The van der Waals surface area contributed by atoms with Crippen molar-refractivity contribution in [2.45, 2.75) is 25.8 Å². The molecule has 76 valence electrons. The van der Waals surface area contributed by atoms with Crippen LogP contribution in [0.4, 0.5) is 0 Å². The third-order valence-electron chi connectivity index (χ3n) is 2.96. The van der Waals surface area contributed by atoms with Crippen LogP contribution in [-0.4, -0.2) is 7.05 Å². The maximum Gasteiger partial charge on any atom is 0.0357 e. The highest BCUT2D eigenvalue weighted by atomic mass is 79.9. The molecule has 1 aromatic carbocycles. The van der Waals surface area contributed by atoms with Crippen LogP contribution < -0.4 is 5.32 Å². The van der Waals surface area contributed by atoms with E-state index in [9.17, 15) is 0 Å². The maximum absolute atomic E-state index is 3.68. The van der Waals surface area contributed by atoms with Crippen LogP contribution in [0.15, 0.2) is 22.7 Å². The molecule has 2 heteroatoms. The van der Waals surface area contributed by atoms with E-state index in [-0.39, 0.29) is 0 Å². The van der Waals surface area contributed by atoms with Gasteiger partial charge in [-0.05, 0) is 43.9 Å². The van der Waals surface area contributed by atoms with Gasteiger partial charge < -0.3 is 5.32 Å². The lowest BCUT2D eigenvalue weighted by molar-refractivity contribution is 0.526. The molecule has 1 atom stereocenters. The van der Waals surface area contributed by atoms with Crippen molar-refractivity contribution in [3.8, 4) is 0 Å². The second-order valence-electron chi connectivity index (χ2n) is 4.08. The van der Waals surface area contributed by atoms with E-state index in [1.807, 2.05) is 0 Å². The van der Waals surface area contributed by atoms with Crippen molar-refractivity contribution in [3.05, 3.63) is 33.8 Å². The first-order chi connectivity index (χ1) is 6.74. The van der Waals surface area contributed by atoms with Crippen molar-refractivity contribution in [3.63, 3.8) is 0 Å². The largest absolute Gasteiger partial charge is 0.313 e. The van der Waals surface area contributed by atoms with E-state index < -0.39 is 0 Å². The third kappa shape index (κ3) is 1.86. The minimum Gasteiger partial charge on any atom is -0.313 e. The second kappa shape index (κ2) is 4.03. The predicted molar refractivity (Wildman–Crippen MR) is 63.4 cm³/mol. The lowest BCUT2D eigenvalue weighted by Crippen LogP contribution is -2.18. The quantitative estimate of drug-likeness (QED) is 0.871. The molecule has 1 nitrogen and oxygen atoms in total. The lowest BCUT2D eigenvalue weighted by Gasteiger charge is -2.18. The van der Waals surface area contributed by atoms with Gasteiger partial charge in [0.2, 0.25) is 0 Å². The van der Waals surface area contributed by atoms with Crippen molar-refractivity contribution in [2.24, 2.45) is 5.92 Å². The van der Waals surface area contributed by atoms with Gasteiger partial charge in [-0.3, -0.25) is 0 Å². The van der Waals surface area contributed by atoms with Crippen LogP contribution in [0.1, 0.15) is 30.0 Å². The molecule has 0 amide bonds. The van der Waals surface area contributed by atoms with E-state index in [4.69, 9.17) is 0 Å². The summed E-state index contributed by atoms with van der Waals surface area (Å²) in [6.45, 7) is 2.15. The Kier molecular flexibility index (Phi) is 2.93. The Morgan fingerprint density at radius 2 is 2.14 bits per heavy atom. The molecule has 0 bridgehead atoms. The number of aryl methyl sites for hydroxylation is 1. The van der Waals surface area contributed by atoms with Gasteiger partial charge >= 0.3 is 0 Å². The molecule has 1 unspecified atom stereocenters. The average Bonchev–Trinajstić information content (AvgIpc) is 2.97. The van der Waals surface area contributed by atoms with Crippen LogP contribution in [0.2, 0.25) is 0 Å². The van der Waals surface area contributed by atoms with E-state index in [1.54, 1.807) is 0 Å². The van der Waals surface area contributed by atoms with Gasteiger partial charge in [-0.25, -0.2) is 0 Å². The molecule has 1 aliphatic rings. The first-order valence-corrected chi connectivity index (χ1v) is 5.95. The van der Waals surface area contributed by atoms with Crippen LogP contribution in [0, 0.1) is 12.8 Å². The Labute approximate surface area is 94.0 Å². The molecular formula is C12H16BrN. The number of benzene rings is 1. The third-order valence-corrected chi connectivity index (χ3v) is 4.04. The Bertz CT molecular complexity index is 331. The zero-order chi connectivity index (χ0) is 10.1. The summed E-state index contributed by atoms with van der Waals surface area (Å²) in [6, 6.07) is 7.04. The molecule has 0 saturated heterocycles. The van der Waals surface area contributed by atoms with E-state index in [0.29, 0.717) is 6.04 Å². The van der Waals surface area contributed by atoms with Crippen LogP contribution in [0.5, 0.6) is 0 Å². The molecule has 1 fully saturated rings. The molecule has 0 aromatic heterocycles. The first kappa shape index (κ1) is 10.2. The number of rotatable bonds is 3. The number of hydrogen-bond donors (Lipinski definition) is 1. The number of halogens is 1. The lowest BCUT2D eigenvalue weighted by atomic mass is 10.0. The summed E-state index contributed by atoms with van der Waals surface area (Å²) < 4.78 is 1.27. The number of hydrogen-bond acceptors (Lipinski definition) is 1. The molecule has 1 aliphatic carbocycles. The SMILES string of the molecule is CNC(c1cccc(C)c1Br)C1CC1.